The number of nitrogens with zero attached hydrogens (tertiary/aromatic N) is 3. The highest BCUT2D eigenvalue weighted by atomic mass is 32.1. The Morgan fingerprint density at radius 1 is 0.420 bits per heavy atom. The van der Waals surface area contributed by atoms with Crippen molar-refractivity contribution in [3.05, 3.63) is 176 Å². The SMILES string of the molecule is c1ccc(-c2cc(-c3ccccc3)nc(-c3ccc4c(c3)sc3c(-c5cccc6c5c5ccccc5n6-c5ccccc5)cccc34)n2)cc1. The van der Waals surface area contributed by atoms with Crippen molar-refractivity contribution in [2.45, 2.75) is 0 Å². The van der Waals surface area contributed by atoms with Crippen LogP contribution in [0.25, 0.3) is 92.7 Å². The predicted molar refractivity (Wildman–Crippen MR) is 211 cm³/mol. The lowest BCUT2D eigenvalue weighted by Crippen LogP contribution is -1.95. The third kappa shape index (κ3) is 4.65. The van der Waals surface area contributed by atoms with E-state index in [2.05, 4.69) is 168 Å². The van der Waals surface area contributed by atoms with Crippen LogP contribution in [-0.4, -0.2) is 14.5 Å². The molecule has 0 bridgehead atoms. The molecule has 0 unspecified atom stereocenters. The van der Waals surface area contributed by atoms with E-state index in [1.54, 1.807) is 0 Å². The van der Waals surface area contributed by atoms with Gasteiger partial charge in [0, 0.05) is 58.9 Å². The molecule has 0 aliphatic rings. The van der Waals surface area contributed by atoms with Gasteiger partial charge in [0.1, 0.15) is 0 Å². The first-order valence-electron chi connectivity index (χ1n) is 16.8. The number of para-hydroxylation sites is 2. The first kappa shape index (κ1) is 28.6. The van der Waals surface area contributed by atoms with Crippen molar-refractivity contribution >= 4 is 53.3 Å². The number of hydrogen-bond donors (Lipinski definition) is 0. The van der Waals surface area contributed by atoms with E-state index in [1.807, 2.05) is 23.5 Å². The molecule has 0 N–H and O–H groups in total. The average Bonchev–Trinajstić information content (AvgIpc) is 3.74. The van der Waals surface area contributed by atoms with Gasteiger partial charge in [0.15, 0.2) is 5.82 Å². The highest BCUT2D eigenvalue weighted by Gasteiger charge is 2.19. The summed E-state index contributed by atoms with van der Waals surface area (Å²) in [6, 6.07) is 62.4. The van der Waals surface area contributed by atoms with E-state index in [0.717, 1.165) is 39.6 Å². The Labute approximate surface area is 293 Å². The second-order valence-electron chi connectivity index (χ2n) is 12.6. The molecule has 50 heavy (non-hydrogen) atoms. The predicted octanol–water partition coefficient (Wildman–Crippen LogP) is 12.6. The molecule has 0 amide bonds. The maximum absolute atomic E-state index is 5.11. The van der Waals surface area contributed by atoms with E-state index >= 15 is 0 Å². The van der Waals surface area contributed by atoms with E-state index in [1.165, 1.54) is 53.1 Å². The Morgan fingerprint density at radius 2 is 1.02 bits per heavy atom. The molecule has 234 valence electrons. The fraction of sp³-hybridized carbons (Fsp3) is 0. The van der Waals surface area contributed by atoms with Crippen LogP contribution in [0, 0.1) is 0 Å². The van der Waals surface area contributed by atoms with Crippen LogP contribution in [0.15, 0.2) is 176 Å². The van der Waals surface area contributed by atoms with E-state index in [0.29, 0.717) is 0 Å². The molecule has 10 aromatic rings. The summed E-state index contributed by atoms with van der Waals surface area (Å²) in [7, 11) is 0. The quantitative estimate of drug-likeness (QED) is 0.185. The number of hydrogen-bond acceptors (Lipinski definition) is 3. The average molecular weight is 656 g/mol. The first-order chi connectivity index (χ1) is 24.8. The Balaban J connectivity index is 1.16. The van der Waals surface area contributed by atoms with E-state index in [4.69, 9.17) is 9.97 Å². The molecule has 0 fully saturated rings. The summed E-state index contributed by atoms with van der Waals surface area (Å²) in [5.74, 6) is 0.725. The van der Waals surface area contributed by atoms with E-state index in [9.17, 15) is 0 Å². The highest BCUT2D eigenvalue weighted by molar-refractivity contribution is 7.26. The molecule has 0 aliphatic heterocycles. The zero-order chi connectivity index (χ0) is 33.0. The molecule has 0 radical (unpaired) electrons. The van der Waals surface area contributed by atoms with Crippen molar-refractivity contribution in [3.63, 3.8) is 0 Å². The minimum atomic E-state index is 0.725. The number of benzene rings is 7. The van der Waals surface area contributed by atoms with E-state index in [-0.39, 0.29) is 0 Å². The minimum Gasteiger partial charge on any atom is -0.309 e. The molecule has 0 aliphatic carbocycles. The van der Waals surface area contributed by atoms with Gasteiger partial charge in [-0.15, -0.1) is 11.3 Å². The lowest BCUT2D eigenvalue weighted by molar-refractivity contribution is 1.18. The normalized spacial score (nSPS) is 11.6. The molecule has 0 saturated carbocycles. The highest BCUT2D eigenvalue weighted by Crippen LogP contribution is 2.45. The molecule has 3 nitrogen and oxygen atoms in total. The molecule has 4 heteroatoms. The Bertz CT molecular complexity index is 2800. The number of aromatic nitrogens is 3. The van der Waals surface area contributed by atoms with Crippen molar-refractivity contribution in [3.8, 4) is 50.7 Å². The maximum atomic E-state index is 5.11. The van der Waals surface area contributed by atoms with Gasteiger partial charge in [-0.25, -0.2) is 9.97 Å². The second-order valence-corrected chi connectivity index (χ2v) is 13.6. The van der Waals surface area contributed by atoms with Crippen molar-refractivity contribution < 1.29 is 0 Å². The monoisotopic (exact) mass is 655 g/mol. The summed E-state index contributed by atoms with van der Waals surface area (Å²) < 4.78 is 4.89. The summed E-state index contributed by atoms with van der Waals surface area (Å²) in [5.41, 5.74) is 11.1. The summed E-state index contributed by atoms with van der Waals surface area (Å²) in [5, 5.41) is 5.04. The topological polar surface area (TPSA) is 30.7 Å². The van der Waals surface area contributed by atoms with Gasteiger partial charge in [-0.05, 0) is 42.0 Å². The van der Waals surface area contributed by atoms with Crippen molar-refractivity contribution in [1.29, 1.82) is 0 Å². The first-order valence-corrected chi connectivity index (χ1v) is 17.7. The smallest absolute Gasteiger partial charge is 0.160 e. The maximum Gasteiger partial charge on any atom is 0.160 e. The van der Waals surface area contributed by atoms with Crippen LogP contribution in [0.5, 0.6) is 0 Å². The third-order valence-electron chi connectivity index (χ3n) is 9.62. The van der Waals surface area contributed by atoms with E-state index < -0.39 is 0 Å². The van der Waals surface area contributed by atoms with Crippen molar-refractivity contribution in [2.24, 2.45) is 0 Å². The minimum absolute atomic E-state index is 0.725. The van der Waals surface area contributed by atoms with Gasteiger partial charge < -0.3 is 4.57 Å². The summed E-state index contributed by atoms with van der Waals surface area (Å²) in [4.78, 5) is 10.2. The van der Waals surface area contributed by atoms with Crippen LogP contribution >= 0.6 is 11.3 Å². The fourth-order valence-electron chi connectivity index (χ4n) is 7.34. The Hall–Kier alpha value is -6.36. The van der Waals surface area contributed by atoms with Gasteiger partial charge in [-0.1, -0.05) is 140 Å². The molecular weight excluding hydrogens is 627 g/mol. The molecule has 0 saturated heterocycles. The van der Waals surface area contributed by atoms with Crippen LogP contribution in [0.4, 0.5) is 0 Å². The standard InChI is InChI=1S/C46H29N3S/c1-4-14-30(15-5-1)39-29-40(31-16-6-2-7-17-31)48-46(47-39)32-26-27-34-36-22-12-23-37(45(36)50-43(34)28-32)35-21-13-25-42-44(35)38-20-10-11-24-41(38)49(42)33-18-8-3-9-19-33/h1-29H. The number of thiophene rings is 1. The summed E-state index contributed by atoms with van der Waals surface area (Å²) >= 11 is 1.85. The van der Waals surface area contributed by atoms with Gasteiger partial charge in [0.25, 0.3) is 0 Å². The molecule has 3 aromatic heterocycles. The number of fused-ring (bicyclic) bond motifs is 6. The van der Waals surface area contributed by atoms with Gasteiger partial charge in [-0.3, -0.25) is 0 Å². The summed E-state index contributed by atoms with van der Waals surface area (Å²) in [6.45, 7) is 0. The van der Waals surface area contributed by atoms with Crippen molar-refractivity contribution in [1.82, 2.24) is 14.5 Å². The molecular formula is C46H29N3S. The third-order valence-corrected chi connectivity index (χ3v) is 10.8. The molecule has 10 rings (SSSR count). The lowest BCUT2D eigenvalue weighted by atomic mass is 9.97. The Kier molecular flexibility index (Phi) is 6.68. The van der Waals surface area contributed by atoms with Gasteiger partial charge in [0.2, 0.25) is 0 Å². The lowest BCUT2D eigenvalue weighted by Gasteiger charge is -2.09. The van der Waals surface area contributed by atoms with Gasteiger partial charge in [-0.2, -0.15) is 0 Å². The molecule has 0 spiro atoms. The zero-order valence-corrected chi connectivity index (χ0v) is 27.8. The Morgan fingerprint density at radius 3 is 1.76 bits per heavy atom. The summed E-state index contributed by atoms with van der Waals surface area (Å²) in [6.07, 6.45) is 0. The largest absolute Gasteiger partial charge is 0.309 e. The van der Waals surface area contributed by atoms with Crippen LogP contribution < -0.4 is 0 Å². The fourth-order valence-corrected chi connectivity index (χ4v) is 8.61. The molecule has 7 aromatic carbocycles. The van der Waals surface area contributed by atoms with Crippen molar-refractivity contribution in [2.75, 3.05) is 0 Å². The van der Waals surface area contributed by atoms with Crippen LogP contribution in [-0.2, 0) is 0 Å². The van der Waals surface area contributed by atoms with Crippen LogP contribution in [0.1, 0.15) is 0 Å². The second kappa shape index (κ2) is 11.7. The number of rotatable bonds is 5. The van der Waals surface area contributed by atoms with Gasteiger partial charge >= 0.3 is 0 Å². The van der Waals surface area contributed by atoms with Gasteiger partial charge in [0.05, 0.1) is 22.4 Å². The van der Waals surface area contributed by atoms with Crippen LogP contribution in [0.3, 0.4) is 0 Å². The molecule has 0 atom stereocenters. The zero-order valence-electron chi connectivity index (χ0n) is 27.0. The molecule has 3 heterocycles. The van der Waals surface area contributed by atoms with Crippen LogP contribution in [0.2, 0.25) is 0 Å².